The lowest BCUT2D eigenvalue weighted by Crippen LogP contribution is -2.34. The van der Waals surface area contributed by atoms with Crippen molar-refractivity contribution in [1.29, 1.82) is 0 Å². The largest absolute Gasteiger partial charge is 0.394 e. The van der Waals surface area contributed by atoms with Crippen LogP contribution in [0, 0.1) is 0 Å². The first kappa shape index (κ1) is 16.7. The van der Waals surface area contributed by atoms with Crippen LogP contribution in [0.5, 0.6) is 0 Å². The molecule has 0 aliphatic heterocycles. The summed E-state index contributed by atoms with van der Waals surface area (Å²) in [6, 6.07) is 20.0. The van der Waals surface area contributed by atoms with Gasteiger partial charge in [0.1, 0.15) is 6.10 Å². The molecule has 0 saturated carbocycles. The van der Waals surface area contributed by atoms with Crippen molar-refractivity contribution in [2.75, 3.05) is 6.61 Å². The van der Waals surface area contributed by atoms with Crippen LogP contribution < -0.4 is 0 Å². The SMILES string of the molecule is CC[C@H](OCc1ccccc1)[C@H](CO)OCc1ccccc1. The Hall–Kier alpha value is -1.68. The third-order valence-corrected chi connectivity index (χ3v) is 3.61. The van der Waals surface area contributed by atoms with Crippen molar-refractivity contribution in [2.24, 2.45) is 0 Å². The molecule has 0 aromatic heterocycles. The maximum absolute atomic E-state index is 9.60. The molecule has 0 bridgehead atoms. The zero-order valence-corrected chi connectivity index (χ0v) is 13.0. The smallest absolute Gasteiger partial charge is 0.107 e. The second-order valence-electron chi connectivity index (χ2n) is 5.26. The number of rotatable bonds is 9. The maximum atomic E-state index is 9.60. The van der Waals surface area contributed by atoms with Crippen LogP contribution in [0.25, 0.3) is 0 Å². The van der Waals surface area contributed by atoms with Crippen molar-refractivity contribution in [1.82, 2.24) is 0 Å². The Morgan fingerprint density at radius 1 is 0.773 bits per heavy atom. The van der Waals surface area contributed by atoms with Gasteiger partial charge in [0.15, 0.2) is 0 Å². The predicted molar refractivity (Wildman–Crippen MR) is 87.4 cm³/mol. The summed E-state index contributed by atoms with van der Waals surface area (Å²) in [5, 5.41) is 9.60. The average molecular weight is 300 g/mol. The molecule has 0 aliphatic rings. The fourth-order valence-corrected chi connectivity index (χ4v) is 2.32. The lowest BCUT2D eigenvalue weighted by atomic mass is 10.1. The molecule has 118 valence electrons. The Labute approximate surface area is 132 Å². The van der Waals surface area contributed by atoms with Gasteiger partial charge in [-0.15, -0.1) is 0 Å². The van der Waals surface area contributed by atoms with Crippen LogP contribution in [0.3, 0.4) is 0 Å². The van der Waals surface area contributed by atoms with Gasteiger partial charge in [0, 0.05) is 0 Å². The van der Waals surface area contributed by atoms with Crippen LogP contribution >= 0.6 is 0 Å². The molecule has 0 heterocycles. The third-order valence-electron chi connectivity index (χ3n) is 3.61. The molecule has 2 atom stereocenters. The molecule has 0 unspecified atom stereocenters. The van der Waals surface area contributed by atoms with Gasteiger partial charge in [-0.05, 0) is 17.5 Å². The Bertz CT molecular complexity index is 463. The van der Waals surface area contributed by atoms with Gasteiger partial charge in [0.05, 0.1) is 25.9 Å². The Morgan fingerprint density at radius 2 is 1.23 bits per heavy atom. The van der Waals surface area contributed by atoms with Gasteiger partial charge in [-0.3, -0.25) is 0 Å². The van der Waals surface area contributed by atoms with E-state index >= 15 is 0 Å². The van der Waals surface area contributed by atoms with E-state index in [2.05, 4.69) is 0 Å². The number of ether oxygens (including phenoxy) is 2. The summed E-state index contributed by atoms with van der Waals surface area (Å²) in [6.07, 6.45) is 0.371. The average Bonchev–Trinajstić information content (AvgIpc) is 2.59. The maximum Gasteiger partial charge on any atom is 0.107 e. The van der Waals surface area contributed by atoms with Gasteiger partial charge in [-0.2, -0.15) is 0 Å². The predicted octanol–water partition coefficient (Wildman–Crippen LogP) is 3.56. The first-order chi connectivity index (χ1) is 10.8. The molecule has 1 N–H and O–H groups in total. The number of hydrogen-bond donors (Lipinski definition) is 1. The molecular formula is C19H24O3. The van der Waals surface area contributed by atoms with Gasteiger partial charge in [-0.1, -0.05) is 67.6 Å². The van der Waals surface area contributed by atoms with E-state index in [-0.39, 0.29) is 18.8 Å². The summed E-state index contributed by atoms with van der Waals surface area (Å²) in [6.45, 7) is 3.02. The third kappa shape index (κ3) is 5.26. The second kappa shape index (κ2) is 9.36. The number of hydrogen-bond acceptors (Lipinski definition) is 3. The highest BCUT2D eigenvalue weighted by Gasteiger charge is 2.21. The molecule has 2 aromatic rings. The second-order valence-corrected chi connectivity index (χ2v) is 5.26. The van der Waals surface area contributed by atoms with Crippen LogP contribution in [0.2, 0.25) is 0 Å². The summed E-state index contributed by atoms with van der Waals surface area (Å²) in [4.78, 5) is 0. The van der Waals surface area contributed by atoms with Crippen molar-refractivity contribution in [2.45, 2.75) is 38.8 Å². The van der Waals surface area contributed by atoms with Crippen molar-refractivity contribution < 1.29 is 14.6 Å². The zero-order chi connectivity index (χ0) is 15.6. The Balaban J connectivity index is 1.86. The lowest BCUT2D eigenvalue weighted by Gasteiger charge is -2.25. The van der Waals surface area contributed by atoms with Gasteiger partial charge in [-0.25, -0.2) is 0 Å². The minimum atomic E-state index is -0.311. The Kier molecular flexibility index (Phi) is 7.10. The molecule has 3 heteroatoms. The summed E-state index contributed by atoms with van der Waals surface area (Å²) in [5.74, 6) is 0. The summed E-state index contributed by atoms with van der Waals surface area (Å²) >= 11 is 0. The fraction of sp³-hybridized carbons (Fsp3) is 0.368. The molecule has 3 nitrogen and oxygen atoms in total. The van der Waals surface area contributed by atoms with E-state index in [4.69, 9.17) is 9.47 Å². The highest BCUT2D eigenvalue weighted by atomic mass is 16.5. The Morgan fingerprint density at radius 3 is 1.64 bits per heavy atom. The minimum Gasteiger partial charge on any atom is -0.394 e. The standard InChI is InChI=1S/C19H24O3/c1-2-18(21-14-16-9-5-3-6-10-16)19(13-20)22-15-17-11-7-4-8-12-17/h3-12,18-20H,2,13-15H2,1H3/t18-,19-/m0/s1. The molecule has 2 rings (SSSR count). The van der Waals surface area contributed by atoms with Gasteiger partial charge >= 0.3 is 0 Å². The van der Waals surface area contributed by atoms with Crippen molar-refractivity contribution >= 4 is 0 Å². The van der Waals surface area contributed by atoms with Crippen LogP contribution in [0.4, 0.5) is 0 Å². The van der Waals surface area contributed by atoms with Crippen molar-refractivity contribution in [3.05, 3.63) is 71.8 Å². The lowest BCUT2D eigenvalue weighted by molar-refractivity contribution is -0.105. The number of benzene rings is 2. The zero-order valence-electron chi connectivity index (χ0n) is 13.0. The van der Waals surface area contributed by atoms with E-state index in [0.29, 0.717) is 13.2 Å². The van der Waals surface area contributed by atoms with E-state index in [1.807, 2.05) is 67.6 Å². The normalized spacial score (nSPS) is 13.7. The van der Waals surface area contributed by atoms with Crippen LogP contribution in [-0.4, -0.2) is 23.9 Å². The van der Waals surface area contributed by atoms with Gasteiger partial charge in [0.25, 0.3) is 0 Å². The van der Waals surface area contributed by atoms with Gasteiger partial charge in [0.2, 0.25) is 0 Å². The van der Waals surface area contributed by atoms with E-state index in [1.165, 1.54) is 0 Å². The molecule has 22 heavy (non-hydrogen) atoms. The van der Waals surface area contributed by atoms with Crippen LogP contribution in [0.1, 0.15) is 24.5 Å². The first-order valence-corrected chi connectivity index (χ1v) is 7.75. The molecule has 0 spiro atoms. The van der Waals surface area contributed by atoms with E-state index in [0.717, 1.165) is 17.5 Å². The quantitative estimate of drug-likeness (QED) is 0.769. The molecule has 0 fully saturated rings. The number of aliphatic hydroxyl groups excluding tert-OH is 1. The molecule has 2 aromatic carbocycles. The van der Waals surface area contributed by atoms with Gasteiger partial charge < -0.3 is 14.6 Å². The first-order valence-electron chi connectivity index (χ1n) is 7.75. The molecule has 0 aliphatic carbocycles. The number of aliphatic hydroxyl groups is 1. The van der Waals surface area contributed by atoms with Crippen LogP contribution in [-0.2, 0) is 22.7 Å². The molecular weight excluding hydrogens is 276 g/mol. The van der Waals surface area contributed by atoms with Crippen molar-refractivity contribution in [3.63, 3.8) is 0 Å². The highest BCUT2D eigenvalue weighted by Crippen LogP contribution is 2.14. The summed E-state index contributed by atoms with van der Waals surface area (Å²) in [5.41, 5.74) is 2.22. The summed E-state index contributed by atoms with van der Waals surface area (Å²) < 4.78 is 11.8. The highest BCUT2D eigenvalue weighted by molar-refractivity contribution is 5.14. The van der Waals surface area contributed by atoms with Crippen molar-refractivity contribution in [3.8, 4) is 0 Å². The molecule has 0 saturated heterocycles. The summed E-state index contributed by atoms with van der Waals surface area (Å²) in [7, 11) is 0. The minimum absolute atomic E-state index is 0.0415. The molecule has 0 amide bonds. The topological polar surface area (TPSA) is 38.7 Å². The van der Waals surface area contributed by atoms with E-state index < -0.39 is 0 Å². The monoisotopic (exact) mass is 300 g/mol. The fourth-order valence-electron chi connectivity index (χ4n) is 2.32. The van der Waals surface area contributed by atoms with Crippen LogP contribution in [0.15, 0.2) is 60.7 Å². The van der Waals surface area contributed by atoms with E-state index in [9.17, 15) is 5.11 Å². The molecule has 0 radical (unpaired) electrons. The van der Waals surface area contributed by atoms with E-state index in [1.54, 1.807) is 0 Å².